The van der Waals surface area contributed by atoms with E-state index >= 15 is 0 Å². The van der Waals surface area contributed by atoms with Gasteiger partial charge < -0.3 is 83.9 Å². The summed E-state index contributed by atoms with van der Waals surface area (Å²) in [5.41, 5.74) is -1.10. The van der Waals surface area contributed by atoms with Gasteiger partial charge in [0.2, 0.25) is 23.8 Å². The van der Waals surface area contributed by atoms with E-state index in [1.165, 1.54) is 37.3 Å². The fraction of sp³-hybridized carbons (Fsp3) is 0.559. The van der Waals surface area contributed by atoms with E-state index in [4.69, 9.17) is 32.8 Å². The number of aromatic hydroxyl groups is 2. The normalized spacial score (nSPS) is 38.2. The standard InChI is InChI=1S/C34H42O18/c1-11-12(2)47-32(27(43)21(11)37)46-10-19-23(39)26(42)29(45)34(51-19)52-31-24(40)20-17(36)8-16(49-33-28(44)25(41)22(38)13(3)48-33)9-18(20)50-30(31)14-4-6-15(35)7-5-14/h4-9,11-13,19,21-23,25-29,32-39,41-45H,10H2,1-3H3/t11-,12-,13-,19+,21+,22-,23-,25+,26-,27+,28+,29+,32+,33-,34-/m0/s1. The molecule has 10 N–H and O–H groups in total. The number of fused-ring (bicyclic) bond motifs is 1. The molecule has 4 heterocycles. The second kappa shape index (κ2) is 15.0. The summed E-state index contributed by atoms with van der Waals surface area (Å²) in [7, 11) is 0. The van der Waals surface area contributed by atoms with Crippen molar-refractivity contribution in [1.82, 2.24) is 0 Å². The molecule has 0 amide bonds. The Bertz CT molecular complexity index is 1770. The second-order valence-electron chi connectivity index (χ2n) is 13.3. The molecule has 286 valence electrons. The summed E-state index contributed by atoms with van der Waals surface area (Å²) in [5, 5.41) is 104. The van der Waals surface area contributed by atoms with Crippen molar-refractivity contribution in [2.75, 3.05) is 6.61 Å². The Labute approximate surface area is 295 Å². The maximum Gasteiger partial charge on any atom is 0.239 e. The Morgan fingerprint density at radius 3 is 1.92 bits per heavy atom. The number of hydrogen-bond acceptors (Lipinski definition) is 18. The molecule has 0 radical (unpaired) electrons. The van der Waals surface area contributed by atoms with E-state index in [2.05, 4.69) is 0 Å². The quantitative estimate of drug-likeness (QED) is 0.124. The molecule has 52 heavy (non-hydrogen) atoms. The maximum absolute atomic E-state index is 14.0. The lowest BCUT2D eigenvalue weighted by Gasteiger charge is -2.42. The first kappa shape index (κ1) is 38.1. The topological polar surface area (TPSA) is 288 Å². The van der Waals surface area contributed by atoms with Crippen LogP contribution in [0.1, 0.15) is 20.8 Å². The van der Waals surface area contributed by atoms with Crippen LogP contribution in [-0.2, 0) is 18.9 Å². The highest BCUT2D eigenvalue weighted by molar-refractivity contribution is 5.88. The van der Waals surface area contributed by atoms with Crippen molar-refractivity contribution in [2.24, 2.45) is 5.92 Å². The summed E-state index contributed by atoms with van der Waals surface area (Å²) in [6.07, 6.45) is -20.5. The average Bonchev–Trinajstić information content (AvgIpc) is 3.11. The number of aliphatic hydroxyl groups is 8. The predicted octanol–water partition coefficient (Wildman–Crippen LogP) is -1.62. The van der Waals surface area contributed by atoms with Crippen molar-refractivity contribution in [3.63, 3.8) is 0 Å². The lowest BCUT2D eigenvalue weighted by atomic mass is 9.92. The number of rotatable bonds is 8. The van der Waals surface area contributed by atoms with Crippen molar-refractivity contribution in [1.29, 1.82) is 0 Å². The van der Waals surface area contributed by atoms with Crippen LogP contribution in [0.2, 0.25) is 0 Å². The van der Waals surface area contributed by atoms with Gasteiger partial charge in [0, 0.05) is 23.6 Å². The van der Waals surface area contributed by atoms with E-state index in [1.807, 2.05) is 0 Å². The Kier molecular flexibility index (Phi) is 11.0. The number of phenolic OH excluding ortho intramolecular Hbond substituents is 2. The molecule has 3 fully saturated rings. The fourth-order valence-corrected chi connectivity index (χ4v) is 6.24. The van der Waals surface area contributed by atoms with Crippen molar-refractivity contribution < 1.29 is 83.9 Å². The van der Waals surface area contributed by atoms with E-state index in [-0.39, 0.29) is 28.4 Å². The Hall–Kier alpha value is -3.63. The summed E-state index contributed by atoms with van der Waals surface area (Å²) in [4.78, 5) is 14.0. The number of hydrogen-bond donors (Lipinski definition) is 10. The molecule has 18 heteroatoms. The lowest BCUT2D eigenvalue weighted by Crippen LogP contribution is -2.61. The zero-order chi connectivity index (χ0) is 37.8. The first-order valence-corrected chi connectivity index (χ1v) is 16.6. The van der Waals surface area contributed by atoms with Crippen molar-refractivity contribution in [3.8, 4) is 34.3 Å². The molecule has 0 unspecified atom stereocenters. The van der Waals surface area contributed by atoms with Crippen LogP contribution in [0.3, 0.4) is 0 Å². The molecule has 3 aliphatic heterocycles. The number of phenols is 2. The molecule has 15 atom stereocenters. The summed E-state index contributed by atoms with van der Waals surface area (Å²) >= 11 is 0. The van der Waals surface area contributed by atoms with Crippen LogP contribution in [0.15, 0.2) is 45.6 Å². The summed E-state index contributed by atoms with van der Waals surface area (Å²) in [6.45, 7) is 4.27. The largest absolute Gasteiger partial charge is 0.508 e. The van der Waals surface area contributed by atoms with E-state index in [0.29, 0.717) is 0 Å². The van der Waals surface area contributed by atoms with Gasteiger partial charge in [0.25, 0.3) is 0 Å². The van der Waals surface area contributed by atoms with Gasteiger partial charge in [0.05, 0.1) is 24.9 Å². The summed E-state index contributed by atoms with van der Waals surface area (Å²) in [5.74, 6) is -2.33. The third kappa shape index (κ3) is 7.17. The average molecular weight is 739 g/mol. The van der Waals surface area contributed by atoms with Gasteiger partial charge in [0.15, 0.2) is 12.1 Å². The number of aliphatic hydroxyl groups excluding tert-OH is 8. The van der Waals surface area contributed by atoms with E-state index in [1.54, 1.807) is 13.8 Å². The molecule has 0 aliphatic carbocycles. The minimum absolute atomic E-state index is 0.135. The minimum Gasteiger partial charge on any atom is -0.508 e. The highest BCUT2D eigenvalue weighted by atomic mass is 16.7. The molecule has 0 spiro atoms. The summed E-state index contributed by atoms with van der Waals surface area (Å²) < 4.78 is 40.0. The Morgan fingerprint density at radius 1 is 0.654 bits per heavy atom. The van der Waals surface area contributed by atoms with Crippen LogP contribution in [0.25, 0.3) is 22.3 Å². The number of ether oxygens (including phenoxy) is 6. The van der Waals surface area contributed by atoms with Gasteiger partial charge in [-0.05, 0) is 38.1 Å². The van der Waals surface area contributed by atoms with Crippen LogP contribution in [0.4, 0.5) is 0 Å². The second-order valence-corrected chi connectivity index (χ2v) is 13.3. The highest BCUT2D eigenvalue weighted by Crippen LogP contribution is 2.39. The first-order valence-electron chi connectivity index (χ1n) is 16.6. The van der Waals surface area contributed by atoms with Gasteiger partial charge in [0.1, 0.15) is 77.0 Å². The van der Waals surface area contributed by atoms with Gasteiger partial charge in [-0.25, -0.2) is 0 Å². The van der Waals surface area contributed by atoms with Gasteiger partial charge in [-0.2, -0.15) is 0 Å². The lowest BCUT2D eigenvalue weighted by molar-refractivity contribution is -0.313. The monoisotopic (exact) mass is 738 g/mol. The number of benzene rings is 2. The van der Waals surface area contributed by atoms with Gasteiger partial charge in [-0.3, -0.25) is 4.79 Å². The SMILES string of the molecule is C[C@@H]1[C@@H](O)[C@@H](O)[C@H](OC[C@H]2O[C@@H](Oc3c(-c4ccc(O)cc4)oc4cc(O[C@@H]5O[C@@H](C)[C@H](O)[C@@H](O)[C@H]5O)cc(O)c4c3=O)[C@H](O)[C@@H](O)[C@H]2O)O[C@H]1C. The molecule has 1 aromatic heterocycles. The van der Waals surface area contributed by atoms with Crippen molar-refractivity contribution in [3.05, 3.63) is 46.6 Å². The molecule has 3 aromatic rings. The highest BCUT2D eigenvalue weighted by Gasteiger charge is 2.48. The molecular formula is C34H42O18. The third-order valence-corrected chi connectivity index (χ3v) is 9.68. The molecule has 2 aromatic carbocycles. The van der Waals surface area contributed by atoms with Gasteiger partial charge >= 0.3 is 0 Å². The zero-order valence-corrected chi connectivity index (χ0v) is 28.1. The molecule has 3 saturated heterocycles. The van der Waals surface area contributed by atoms with Crippen molar-refractivity contribution in [2.45, 2.75) is 107 Å². The predicted molar refractivity (Wildman–Crippen MR) is 173 cm³/mol. The Balaban J connectivity index is 1.32. The molecule has 0 saturated carbocycles. The third-order valence-electron chi connectivity index (χ3n) is 9.68. The smallest absolute Gasteiger partial charge is 0.239 e. The van der Waals surface area contributed by atoms with Crippen LogP contribution in [0.5, 0.6) is 23.0 Å². The van der Waals surface area contributed by atoms with Crippen LogP contribution >= 0.6 is 0 Å². The zero-order valence-electron chi connectivity index (χ0n) is 28.1. The van der Waals surface area contributed by atoms with Crippen LogP contribution < -0.4 is 14.9 Å². The minimum atomic E-state index is -1.95. The molecular weight excluding hydrogens is 696 g/mol. The molecule has 0 bridgehead atoms. The Morgan fingerprint density at radius 2 is 1.25 bits per heavy atom. The van der Waals surface area contributed by atoms with E-state index in [9.17, 15) is 55.9 Å². The molecule has 6 rings (SSSR count). The molecule has 3 aliphatic rings. The van der Waals surface area contributed by atoms with Crippen LogP contribution in [0, 0.1) is 5.92 Å². The van der Waals surface area contributed by atoms with Gasteiger partial charge in [-0.15, -0.1) is 0 Å². The fourth-order valence-electron chi connectivity index (χ4n) is 6.24. The van der Waals surface area contributed by atoms with Gasteiger partial charge in [-0.1, -0.05) is 6.92 Å². The molecule has 18 nitrogen and oxygen atoms in total. The maximum atomic E-state index is 14.0. The van der Waals surface area contributed by atoms with E-state index < -0.39 is 121 Å². The van der Waals surface area contributed by atoms with Crippen molar-refractivity contribution >= 4 is 11.0 Å². The van der Waals surface area contributed by atoms with Crippen LogP contribution in [-0.4, -0.2) is 144 Å². The van der Waals surface area contributed by atoms with E-state index in [0.717, 1.165) is 6.07 Å². The first-order chi connectivity index (χ1) is 24.6. The summed E-state index contributed by atoms with van der Waals surface area (Å²) in [6, 6.07) is 7.48.